The minimum atomic E-state index is -0.972. The van der Waals surface area contributed by atoms with Crippen LogP contribution in [0.1, 0.15) is 18.9 Å². The molecular weight excluding hydrogens is 272 g/mol. The standard InChI is InChI=1S/C15H20N2O4/c1-11-4-6-13(7-5-11)17(9-8-15(20)21)14(19)10-16(3)12(2)18/h4-7H,8-10H2,1-3H3,(H,20,21). The van der Waals surface area contributed by atoms with Crippen LogP contribution in [0.4, 0.5) is 5.69 Å². The Balaban J connectivity index is 2.90. The van der Waals surface area contributed by atoms with Crippen LogP contribution in [0, 0.1) is 6.92 Å². The van der Waals surface area contributed by atoms with E-state index in [-0.39, 0.29) is 31.3 Å². The van der Waals surface area contributed by atoms with Crippen molar-refractivity contribution in [2.45, 2.75) is 20.3 Å². The van der Waals surface area contributed by atoms with Crippen LogP contribution in [0.3, 0.4) is 0 Å². The van der Waals surface area contributed by atoms with Crippen LogP contribution in [0.25, 0.3) is 0 Å². The van der Waals surface area contributed by atoms with Gasteiger partial charge in [0.25, 0.3) is 0 Å². The quantitative estimate of drug-likeness (QED) is 0.856. The Bertz CT molecular complexity index is 525. The molecule has 0 saturated heterocycles. The van der Waals surface area contributed by atoms with E-state index in [1.54, 1.807) is 12.1 Å². The molecule has 6 heteroatoms. The summed E-state index contributed by atoms with van der Waals surface area (Å²) in [6.07, 6.45) is -0.149. The molecule has 6 nitrogen and oxygen atoms in total. The van der Waals surface area contributed by atoms with Crippen LogP contribution in [-0.2, 0) is 14.4 Å². The Labute approximate surface area is 124 Å². The third-order valence-electron chi connectivity index (χ3n) is 3.11. The van der Waals surface area contributed by atoms with Crippen molar-refractivity contribution in [3.63, 3.8) is 0 Å². The van der Waals surface area contributed by atoms with Crippen molar-refractivity contribution in [3.05, 3.63) is 29.8 Å². The molecule has 0 aliphatic heterocycles. The largest absolute Gasteiger partial charge is 0.481 e. The van der Waals surface area contributed by atoms with E-state index in [1.165, 1.54) is 23.8 Å². The lowest BCUT2D eigenvalue weighted by Gasteiger charge is -2.25. The van der Waals surface area contributed by atoms with E-state index in [2.05, 4.69) is 0 Å². The van der Waals surface area contributed by atoms with Gasteiger partial charge in [0.1, 0.15) is 0 Å². The smallest absolute Gasteiger partial charge is 0.305 e. The first kappa shape index (κ1) is 16.7. The topological polar surface area (TPSA) is 77.9 Å². The summed E-state index contributed by atoms with van der Waals surface area (Å²) < 4.78 is 0. The summed E-state index contributed by atoms with van der Waals surface area (Å²) in [6.45, 7) is 3.29. The van der Waals surface area contributed by atoms with Crippen LogP contribution in [0.2, 0.25) is 0 Å². The second kappa shape index (κ2) is 7.42. The summed E-state index contributed by atoms with van der Waals surface area (Å²) in [5, 5.41) is 8.80. The fourth-order valence-electron chi connectivity index (χ4n) is 1.73. The lowest BCUT2D eigenvalue weighted by molar-refractivity contribution is -0.137. The molecule has 0 atom stereocenters. The van der Waals surface area contributed by atoms with Crippen LogP contribution >= 0.6 is 0 Å². The van der Waals surface area contributed by atoms with Crippen LogP contribution < -0.4 is 4.90 Å². The third kappa shape index (κ3) is 5.25. The number of carboxylic acids is 1. The van der Waals surface area contributed by atoms with E-state index in [0.717, 1.165) is 5.56 Å². The number of aliphatic carboxylic acids is 1. The predicted molar refractivity (Wildman–Crippen MR) is 79.1 cm³/mol. The Morgan fingerprint density at radius 3 is 2.19 bits per heavy atom. The number of anilines is 1. The Morgan fingerprint density at radius 2 is 1.71 bits per heavy atom. The first-order valence-electron chi connectivity index (χ1n) is 6.61. The number of aryl methyl sites for hydroxylation is 1. The van der Waals surface area contributed by atoms with Gasteiger partial charge in [0.2, 0.25) is 11.8 Å². The van der Waals surface area contributed by atoms with Crippen LogP contribution in [0.15, 0.2) is 24.3 Å². The highest BCUT2D eigenvalue weighted by Gasteiger charge is 2.19. The summed E-state index contributed by atoms with van der Waals surface area (Å²) in [5.74, 6) is -1.50. The zero-order chi connectivity index (χ0) is 16.0. The normalized spacial score (nSPS) is 10.0. The lowest BCUT2D eigenvalue weighted by Crippen LogP contribution is -2.41. The maximum Gasteiger partial charge on any atom is 0.305 e. The molecule has 1 rings (SSSR count). The molecule has 0 radical (unpaired) electrons. The molecule has 114 valence electrons. The van der Waals surface area contributed by atoms with Crippen molar-refractivity contribution in [1.29, 1.82) is 0 Å². The van der Waals surface area contributed by atoms with Crippen molar-refractivity contribution < 1.29 is 19.5 Å². The highest BCUT2D eigenvalue weighted by molar-refractivity contribution is 5.96. The minimum Gasteiger partial charge on any atom is -0.481 e. The van der Waals surface area contributed by atoms with E-state index in [1.807, 2.05) is 19.1 Å². The van der Waals surface area contributed by atoms with Crippen molar-refractivity contribution >= 4 is 23.5 Å². The number of likely N-dealkylation sites (N-methyl/N-ethyl adjacent to an activating group) is 1. The first-order chi connectivity index (χ1) is 9.81. The van der Waals surface area contributed by atoms with Gasteiger partial charge in [-0.2, -0.15) is 0 Å². The minimum absolute atomic E-state index is 0.0724. The molecule has 0 heterocycles. The third-order valence-corrected chi connectivity index (χ3v) is 3.11. The molecule has 0 saturated carbocycles. The van der Waals surface area contributed by atoms with Crippen molar-refractivity contribution in [3.8, 4) is 0 Å². The van der Waals surface area contributed by atoms with Crippen molar-refractivity contribution in [2.24, 2.45) is 0 Å². The molecule has 0 aromatic heterocycles. The molecule has 1 aromatic carbocycles. The van der Waals surface area contributed by atoms with Gasteiger partial charge in [0.05, 0.1) is 13.0 Å². The molecule has 2 amide bonds. The zero-order valence-corrected chi connectivity index (χ0v) is 12.5. The molecule has 0 aliphatic carbocycles. The molecule has 0 unspecified atom stereocenters. The van der Waals surface area contributed by atoms with Gasteiger partial charge in [0.15, 0.2) is 0 Å². The Morgan fingerprint density at radius 1 is 1.14 bits per heavy atom. The first-order valence-corrected chi connectivity index (χ1v) is 6.61. The monoisotopic (exact) mass is 292 g/mol. The Hall–Kier alpha value is -2.37. The van der Waals surface area contributed by atoms with Gasteiger partial charge in [-0.3, -0.25) is 14.4 Å². The van der Waals surface area contributed by atoms with Gasteiger partial charge < -0.3 is 14.9 Å². The van der Waals surface area contributed by atoms with E-state index in [9.17, 15) is 14.4 Å². The number of nitrogens with zero attached hydrogens (tertiary/aromatic N) is 2. The van der Waals surface area contributed by atoms with Crippen molar-refractivity contribution in [2.75, 3.05) is 25.0 Å². The number of carboxylic acid groups (broad SMARTS) is 1. The SMILES string of the molecule is CC(=O)N(C)CC(=O)N(CCC(=O)O)c1ccc(C)cc1. The second-order valence-electron chi connectivity index (χ2n) is 4.90. The fraction of sp³-hybridized carbons (Fsp3) is 0.400. The zero-order valence-electron chi connectivity index (χ0n) is 12.5. The highest BCUT2D eigenvalue weighted by Crippen LogP contribution is 2.16. The number of amides is 2. The summed E-state index contributed by atoms with van der Waals surface area (Å²) in [5.41, 5.74) is 1.68. The maximum atomic E-state index is 12.3. The van der Waals surface area contributed by atoms with E-state index in [4.69, 9.17) is 5.11 Å². The van der Waals surface area contributed by atoms with E-state index < -0.39 is 5.97 Å². The number of benzene rings is 1. The molecule has 0 aliphatic rings. The van der Waals surface area contributed by atoms with Gasteiger partial charge >= 0.3 is 5.97 Å². The average Bonchev–Trinajstić information content (AvgIpc) is 2.40. The lowest BCUT2D eigenvalue weighted by atomic mass is 10.2. The number of carbonyl (C=O) groups excluding carboxylic acids is 2. The molecule has 0 fully saturated rings. The Kier molecular flexibility index (Phi) is 5.90. The van der Waals surface area contributed by atoms with Gasteiger partial charge in [-0.25, -0.2) is 0 Å². The molecule has 21 heavy (non-hydrogen) atoms. The number of hydrogen-bond donors (Lipinski definition) is 1. The van der Waals surface area contributed by atoms with Gasteiger partial charge in [-0.05, 0) is 19.1 Å². The van der Waals surface area contributed by atoms with E-state index in [0.29, 0.717) is 5.69 Å². The summed E-state index contributed by atoms with van der Waals surface area (Å²) in [4.78, 5) is 36.9. The summed E-state index contributed by atoms with van der Waals surface area (Å²) >= 11 is 0. The highest BCUT2D eigenvalue weighted by atomic mass is 16.4. The number of carbonyl (C=O) groups is 3. The molecule has 0 spiro atoms. The number of hydrogen-bond acceptors (Lipinski definition) is 3. The molecule has 1 N–H and O–H groups in total. The van der Waals surface area contributed by atoms with Crippen molar-refractivity contribution in [1.82, 2.24) is 4.90 Å². The summed E-state index contributed by atoms with van der Waals surface area (Å²) in [6, 6.07) is 7.24. The predicted octanol–water partition coefficient (Wildman–Crippen LogP) is 1.28. The van der Waals surface area contributed by atoms with Crippen LogP contribution in [0.5, 0.6) is 0 Å². The molecule has 0 bridgehead atoms. The number of rotatable bonds is 6. The second-order valence-corrected chi connectivity index (χ2v) is 4.90. The molecule has 1 aromatic rings. The summed E-state index contributed by atoms with van der Waals surface area (Å²) in [7, 11) is 1.53. The van der Waals surface area contributed by atoms with Crippen LogP contribution in [-0.4, -0.2) is 47.9 Å². The fourth-order valence-corrected chi connectivity index (χ4v) is 1.73. The molecular formula is C15H20N2O4. The van der Waals surface area contributed by atoms with Gasteiger partial charge in [0, 0.05) is 26.2 Å². The van der Waals surface area contributed by atoms with Gasteiger partial charge in [-0.1, -0.05) is 17.7 Å². The van der Waals surface area contributed by atoms with E-state index >= 15 is 0 Å². The average molecular weight is 292 g/mol. The maximum absolute atomic E-state index is 12.3. The van der Waals surface area contributed by atoms with Gasteiger partial charge in [-0.15, -0.1) is 0 Å².